The molecule has 0 atom stereocenters. The van der Waals surface area contributed by atoms with Crippen molar-refractivity contribution in [3.63, 3.8) is 0 Å². The predicted octanol–water partition coefficient (Wildman–Crippen LogP) is 3.63. The van der Waals surface area contributed by atoms with Gasteiger partial charge < -0.3 is 9.88 Å². The van der Waals surface area contributed by atoms with Crippen molar-refractivity contribution in [2.45, 2.75) is 13.5 Å². The minimum atomic E-state index is -0.462. The highest BCUT2D eigenvalue weighted by Gasteiger charge is 2.10. The summed E-state index contributed by atoms with van der Waals surface area (Å²) in [6.07, 6.45) is 1.51. The van der Waals surface area contributed by atoms with Gasteiger partial charge in [-0.25, -0.2) is 4.98 Å². The highest BCUT2D eigenvalue weighted by Crippen LogP contribution is 2.24. The molecular formula is C16H16FN3. The van der Waals surface area contributed by atoms with Crippen LogP contribution >= 0.6 is 0 Å². The highest BCUT2D eigenvalue weighted by molar-refractivity contribution is 5.85. The van der Waals surface area contributed by atoms with E-state index >= 15 is 0 Å². The number of nitrogens with one attached hydrogen (secondary N) is 1. The Hall–Kier alpha value is -2.36. The lowest BCUT2D eigenvalue weighted by molar-refractivity contribution is 0.584. The van der Waals surface area contributed by atoms with Crippen molar-refractivity contribution in [1.82, 2.24) is 9.55 Å². The summed E-state index contributed by atoms with van der Waals surface area (Å²) in [6.45, 7) is 2.81. The van der Waals surface area contributed by atoms with Crippen LogP contribution in [0.5, 0.6) is 0 Å². The summed E-state index contributed by atoms with van der Waals surface area (Å²) in [5.74, 6) is -0.462. The lowest BCUT2D eigenvalue weighted by Gasteiger charge is -2.09. The van der Waals surface area contributed by atoms with E-state index in [4.69, 9.17) is 0 Å². The van der Waals surface area contributed by atoms with Gasteiger partial charge in [0.1, 0.15) is 0 Å². The average molecular weight is 269 g/mol. The van der Waals surface area contributed by atoms with E-state index in [1.165, 1.54) is 34.4 Å². The van der Waals surface area contributed by atoms with Crippen molar-refractivity contribution < 1.29 is 4.39 Å². The summed E-state index contributed by atoms with van der Waals surface area (Å²) in [6, 6.07) is 11.4. The smallest absolute Gasteiger partial charge is 0.212 e. The second kappa shape index (κ2) is 4.96. The van der Waals surface area contributed by atoms with Crippen LogP contribution in [0.1, 0.15) is 11.3 Å². The number of hydrogen-bond acceptors (Lipinski definition) is 2. The molecule has 0 amide bonds. The van der Waals surface area contributed by atoms with Crippen molar-refractivity contribution >= 4 is 16.6 Å². The van der Waals surface area contributed by atoms with E-state index in [2.05, 4.69) is 47.0 Å². The zero-order chi connectivity index (χ0) is 14.1. The number of aryl methyl sites for hydroxylation is 2. The number of nitrogens with zero attached hydrogens (tertiary/aromatic N) is 2. The number of pyridine rings is 1. The molecule has 3 rings (SSSR count). The third-order valence-corrected chi connectivity index (χ3v) is 3.69. The molecule has 0 saturated carbocycles. The van der Waals surface area contributed by atoms with Crippen LogP contribution in [-0.4, -0.2) is 9.55 Å². The first-order valence-corrected chi connectivity index (χ1v) is 6.55. The standard InChI is InChI=1S/C16H16FN3/c1-11-13-5-3-4-6-14(13)20(2)15(11)10-18-12-7-8-16(17)19-9-12/h3-9,18H,10H2,1-2H3. The molecule has 0 spiro atoms. The Balaban J connectivity index is 1.89. The maximum Gasteiger partial charge on any atom is 0.212 e. The van der Waals surface area contributed by atoms with E-state index in [1.54, 1.807) is 6.07 Å². The summed E-state index contributed by atoms with van der Waals surface area (Å²) in [5, 5.41) is 4.55. The van der Waals surface area contributed by atoms with Crippen molar-refractivity contribution in [3.8, 4) is 0 Å². The van der Waals surface area contributed by atoms with Crippen LogP contribution in [0, 0.1) is 12.9 Å². The molecule has 1 N–H and O–H groups in total. The summed E-state index contributed by atoms with van der Waals surface area (Å²) >= 11 is 0. The summed E-state index contributed by atoms with van der Waals surface area (Å²) in [7, 11) is 2.06. The lowest BCUT2D eigenvalue weighted by atomic mass is 10.1. The van der Waals surface area contributed by atoms with Gasteiger partial charge in [-0.2, -0.15) is 4.39 Å². The van der Waals surface area contributed by atoms with E-state index in [-0.39, 0.29) is 0 Å². The number of hydrogen-bond donors (Lipinski definition) is 1. The lowest BCUT2D eigenvalue weighted by Crippen LogP contribution is -2.06. The molecule has 0 saturated heterocycles. The van der Waals surface area contributed by atoms with Gasteiger partial charge in [0.15, 0.2) is 0 Å². The third kappa shape index (κ3) is 2.13. The Morgan fingerprint density at radius 2 is 2.00 bits per heavy atom. The van der Waals surface area contributed by atoms with Gasteiger partial charge in [-0.15, -0.1) is 0 Å². The molecule has 0 radical (unpaired) electrons. The Bertz CT molecular complexity index is 705. The van der Waals surface area contributed by atoms with E-state index in [0.717, 1.165) is 5.69 Å². The fourth-order valence-corrected chi connectivity index (χ4v) is 2.55. The van der Waals surface area contributed by atoms with Gasteiger partial charge in [-0.05, 0) is 30.7 Å². The molecule has 0 unspecified atom stereocenters. The zero-order valence-electron chi connectivity index (χ0n) is 11.5. The molecule has 0 aliphatic carbocycles. The maximum absolute atomic E-state index is 12.8. The molecule has 0 aliphatic heterocycles. The molecular weight excluding hydrogens is 253 g/mol. The van der Waals surface area contributed by atoms with Gasteiger partial charge in [0.05, 0.1) is 18.4 Å². The van der Waals surface area contributed by atoms with Crippen LogP contribution in [0.3, 0.4) is 0 Å². The van der Waals surface area contributed by atoms with Gasteiger partial charge >= 0.3 is 0 Å². The molecule has 102 valence electrons. The van der Waals surface area contributed by atoms with Crippen molar-refractivity contribution in [2.24, 2.45) is 7.05 Å². The monoisotopic (exact) mass is 269 g/mol. The van der Waals surface area contributed by atoms with E-state index < -0.39 is 5.95 Å². The predicted molar refractivity (Wildman–Crippen MR) is 79.2 cm³/mol. The van der Waals surface area contributed by atoms with Crippen LogP contribution in [0.4, 0.5) is 10.1 Å². The van der Waals surface area contributed by atoms with Gasteiger partial charge in [0.2, 0.25) is 5.95 Å². The van der Waals surface area contributed by atoms with Crippen molar-refractivity contribution in [3.05, 3.63) is 59.8 Å². The number of para-hydroxylation sites is 1. The molecule has 0 aliphatic rings. The largest absolute Gasteiger partial charge is 0.378 e. The van der Waals surface area contributed by atoms with Crippen molar-refractivity contribution in [1.29, 1.82) is 0 Å². The minimum absolute atomic E-state index is 0.462. The van der Waals surface area contributed by atoms with Crippen molar-refractivity contribution in [2.75, 3.05) is 5.32 Å². The minimum Gasteiger partial charge on any atom is -0.378 e. The molecule has 0 bridgehead atoms. The maximum atomic E-state index is 12.8. The molecule has 3 nitrogen and oxygen atoms in total. The average Bonchev–Trinajstić information content (AvgIpc) is 2.71. The number of halogens is 1. The van der Waals surface area contributed by atoms with Gasteiger partial charge in [0, 0.05) is 23.6 Å². The first-order chi connectivity index (χ1) is 9.66. The zero-order valence-corrected chi connectivity index (χ0v) is 11.5. The van der Waals surface area contributed by atoms with Gasteiger partial charge in [0.25, 0.3) is 0 Å². The van der Waals surface area contributed by atoms with E-state index in [1.807, 2.05) is 6.07 Å². The molecule has 4 heteroatoms. The molecule has 2 heterocycles. The van der Waals surface area contributed by atoms with Gasteiger partial charge in [-0.1, -0.05) is 18.2 Å². The molecule has 0 fully saturated rings. The first kappa shape index (κ1) is 12.7. The number of benzene rings is 1. The number of aromatic nitrogens is 2. The number of rotatable bonds is 3. The molecule has 3 aromatic rings. The molecule has 1 aromatic carbocycles. The SMILES string of the molecule is Cc1c(CNc2ccc(F)nc2)n(C)c2ccccc12. The Morgan fingerprint density at radius 1 is 1.20 bits per heavy atom. The third-order valence-electron chi connectivity index (χ3n) is 3.69. The normalized spacial score (nSPS) is 10.9. The molecule has 20 heavy (non-hydrogen) atoms. The first-order valence-electron chi connectivity index (χ1n) is 6.55. The summed E-state index contributed by atoms with van der Waals surface area (Å²) in [4.78, 5) is 3.64. The van der Waals surface area contributed by atoms with Crippen LogP contribution in [-0.2, 0) is 13.6 Å². The Kier molecular flexibility index (Phi) is 3.14. The second-order valence-corrected chi connectivity index (χ2v) is 4.87. The fraction of sp³-hybridized carbons (Fsp3) is 0.188. The topological polar surface area (TPSA) is 29.9 Å². The fourth-order valence-electron chi connectivity index (χ4n) is 2.55. The number of fused-ring (bicyclic) bond motifs is 1. The van der Waals surface area contributed by atoms with Crippen LogP contribution in [0.15, 0.2) is 42.6 Å². The summed E-state index contributed by atoms with van der Waals surface area (Å²) < 4.78 is 15.0. The van der Waals surface area contributed by atoms with Gasteiger partial charge in [-0.3, -0.25) is 0 Å². The second-order valence-electron chi connectivity index (χ2n) is 4.87. The quantitative estimate of drug-likeness (QED) is 0.736. The summed E-state index contributed by atoms with van der Waals surface area (Å²) in [5.41, 5.74) is 4.52. The van der Waals surface area contributed by atoms with Crippen LogP contribution < -0.4 is 5.32 Å². The number of anilines is 1. The Labute approximate surface area is 117 Å². The van der Waals surface area contributed by atoms with Crippen LogP contribution in [0.25, 0.3) is 10.9 Å². The molecule has 2 aromatic heterocycles. The Morgan fingerprint density at radius 3 is 2.70 bits per heavy atom. The van der Waals surface area contributed by atoms with E-state index in [0.29, 0.717) is 6.54 Å². The highest BCUT2D eigenvalue weighted by atomic mass is 19.1. The van der Waals surface area contributed by atoms with Crippen LogP contribution in [0.2, 0.25) is 0 Å². The van der Waals surface area contributed by atoms with E-state index in [9.17, 15) is 4.39 Å².